The first-order valence-electron chi connectivity index (χ1n) is 9.57. The average molecular weight is 423 g/mol. The monoisotopic (exact) mass is 422 g/mol. The van der Waals surface area contributed by atoms with Gasteiger partial charge in [0.1, 0.15) is 0 Å². The van der Waals surface area contributed by atoms with Gasteiger partial charge in [0.25, 0.3) is 5.78 Å². The molecular formula is C23H23ClN4S. The van der Waals surface area contributed by atoms with Crippen molar-refractivity contribution in [1.29, 1.82) is 0 Å². The Kier molecular flexibility index (Phi) is 5.61. The first-order valence-corrected chi connectivity index (χ1v) is 10.9. The fraction of sp³-hybridized carbons (Fsp3) is 0.261. The van der Waals surface area contributed by atoms with Crippen LogP contribution in [0.15, 0.2) is 47.6 Å². The number of rotatable bonds is 5. The van der Waals surface area contributed by atoms with Gasteiger partial charge in [-0.15, -0.1) is 5.10 Å². The molecule has 4 nitrogen and oxygen atoms in total. The molecule has 0 saturated heterocycles. The van der Waals surface area contributed by atoms with Crippen LogP contribution >= 0.6 is 23.4 Å². The largest absolute Gasteiger partial charge is 0.253 e. The normalized spacial score (nSPS) is 11.3. The van der Waals surface area contributed by atoms with Crippen molar-refractivity contribution in [3.05, 3.63) is 86.7 Å². The van der Waals surface area contributed by atoms with Crippen LogP contribution in [0.4, 0.5) is 0 Å². The van der Waals surface area contributed by atoms with E-state index in [9.17, 15) is 0 Å². The zero-order chi connectivity index (χ0) is 20.5. The van der Waals surface area contributed by atoms with Gasteiger partial charge in [-0.3, -0.25) is 0 Å². The molecule has 2 aromatic heterocycles. The predicted molar refractivity (Wildman–Crippen MR) is 120 cm³/mol. The highest BCUT2D eigenvalue weighted by Crippen LogP contribution is 2.24. The summed E-state index contributed by atoms with van der Waals surface area (Å²) in [5, 5.41) is 6.18. The van der Waals surface area contributed by atoms with Crippen LogP contribution in [0.25, 0.3) is 5.78 Å². The molecule has 6 heteroatoms. The molecule has 0 atom stereocenters. The number of fused-ring (bicyclic) bond motifs is 1. The fourth-order valence-corrected chi connectivity index (χ4v) is 4.44. The van der Waals surface area contributed by atoms with Crippen molar-refractivity contribution >= 4 is 29.1 Å². The molecule has 0 N–H and O–H groups in total. The third-order valence-electron chi connectivity index (χ3n) is 5.16. The van der Waals surface area contributed by atoms with Gasteiger partial charge in [-0.2, -0.15) is 4.98 Å². The van der Waals surface area contributed by atoms with E-state index in [0.29, 0.717) is 5.78 Å². The van der Waals surface area contributed by atoms with Gasteiger partial charge in [-0.25, -0.2) is 9.50 Å². The number of benzene rings is 2. The maximum Gasteiger partial charge on any atom is 0.253 e. The summed E-state index contributed by atoms with van der Waals surface area (Å²) in [6.45, 7) is 8.44. The molecule has 4 rings (SSSR count). The average Bonchev–Trinajstić information content (AvgIpc) is 3.09. The number of hydrogen-bond donors (Lipinski definition) is 0. The lowest BCUT2D eigenvalue weighted by atomic mass is 9.97. The lowest BCUT2D eigenvalue weighted by Gasteiger charge is -2.12. The number of halogens is 1. The molecule has 0 bridgehead atoms. The van der Waals surface area contributed by atoms with Crippen molar-refractivity contribution < 1.29 is 0 Å². The van der Waals surface area contributed by atoms with Crippen LogP contribution in [0.1, 0.15) is 39.2 Å². The van der Waals surface area contributed by atoms with Gasteiger partial charge in [-0.05, 0) is 62.1 Å². The summed E-state index contributed by atoms with van der Waals surface area (Å²) in [4.78, 5) is 9.35. The van der Waals surface area contributed by atoms with E-state index >= 15 is 0 Å². The third-order valence-corrected chi connectivity index (χ3v) is 6.30. The topological polar surface area (TPSA) is 43.1 Å². The Morgan fingerprint density at radius 3 is 2.62 bits per heavy atom. The van der Waals surface area contributed by atoms with Gasteiger partial charge >= 0.3 is 0 Å². The van der Waals surface area contributed by atoms with E-state index in [1.165, 1.54) is 22.3 Å². The van der Waals surface area contributed by atoms with Gasteiger partial charge < -0.3 is 0 Å². The molecule has 0 aliphatic heterocycles. The van der Waals surface area contributed by atoms with E-state index in [1.807, 2.05) is 22.7 Å². The standard InChI is InChI=1S/C23H23ClN4S/c1-14-8-9-15(2)19(10-14)12-21-16(3)25-22-26-23(27-28(22)17(21)4)29-13-18-6-5-7-20(24)11-18/h5-11H,12-13H2,1-4H3. The number of thioether (sulfide) groups is 1. The molecule has 2 heterocycles. The van der Waals surface area contributed by atoms with Gasteiger partial charge in [0.2, 0.25) is 5.16 Å². The number of nitrogens with zero attached hydrogens (tertiary/aromatic N) is 4. The summed E-state index contributed by atoms with van der Waals surface area (Å²) in [5.41, 5.74) is 8.36. The Morgan fingerprint density at radius 2 is 1.83 bits per heavy atom. The summed E-state index contributed by atoms with van der Waals surface area (Å²) < 4.78 is 1.87. The fourth-order valence-electron chi connectivity index (χ4n) is 3.46. The highest BCUT2D eigenvalue weighted by Gasteiger charge is 2.15. The molecule has 0 saturated carbocycles. The van der Waals surface area contributed by atoms with Crippen LogP contribution in [-0.2, 0) is 12.2 Å². The zero-order valence-corrected chi connectivity index (χ0v) is 18.6. The molecule has 0 fully saturated rings. The Balaban J connectivity index is 1.63. The zero-order valence-electron chi connectivity index (χ0n) is 17.0. The van der Waals surface area contributed by atoms with Gasteiger partial charge in [0, 0.05) is 28.6 Å². The van der Waals surface area contributed by atoms with E-state index in [-0.39, 0.29) is 0 Å². The molecule has 148 valence electrons. The van der Waals surface area contributed by atoms with Crippen molar-refractivity contribution in [3.8, 4) is 0 Å². The Labute approximate surface area is 180 Å². The minimum Gasteiger partial charge on any atom is -0.216 e. The Bertz CT molecular complexity index is 1200. The molecule has 29 heavy (non-hydrogen) atoms. The molecule has 0 unspecified atom stereocenters. The lowest BCUT2D eigenvalue weighted by Crippen LogP contribution is -2.07. The van der Waals surface area contributed by atoms with Crippen LogP contribution in [-0.4, -0.2) is 19.6 Å². The lowest BCUT2D eigenvalue weighted by molar-refractivity contribution is 0.823. The molecule has 0 aliphatic rings. The number of hydrogen-bond acceptors (Lipinski definition) is 4. The first kappa shape index (κ1) is 19.9. The molecule has 0 amide bonds. The van der Waals surface area contributed by atoms with Crippen molar-refractivity contribution in [2.45, 2.75) is 45.0 Å². The Morgan fingerprint density at radius 1 is 1.00 bits per heavy atom. The minimum atomic E-state index is 0.651. The molecule has 0 radical (unpaired) electrons. The smallest absolute Gasteiger partial charge is 0.216 e. The molecular weight excluding hydrogens is 400 g/mol. The second-order valence-corrected chi connectivity index (χ2v) is 8.77. The van der Waals surface area contributed by atoms with E-state index in [4.69, 9.17) is 21.7 Å². The summed E-state index contributed by atoms with van der Waals surface area (Å²) >= 11 is 7.67. The van der Waals surface area contributed by atoms with Crippen LogP contribution in [0.5, 0.6) is 0 Å². The predicted octanol–water partition coefficient (Wildman–Crippen LogP) is 5.89. The minimum absolute atomic E-state index is 0.651. The van der Waals surface area contributed by atoms with Gasteiger partial charge in [0.05, 0.1) is 0 Å². The van der Waals surface area contributed by atoms with E-state index < -0.39 is 0 Å². The van der Waals surface area contributed by atoms with Crippen molar-refractivity contribution in [1.82, 2.24) is 19.6 Å². The van der Waals surface area contributed by atoms with Gasteiger partial charge in [0.15, 0.2) is 0 Å². The highest BCUT2D eigenvalue weighted by molar-refractivity contribution is 7.98. The summed E-state index contributed by atoms with van der Waals surface area (Å²) in [5.74, 6) is 1.42. The second-order valence-electron chi connectivity index (χ2n) is 7.39. The van der Waals surface area contributed by atoms with Crippen LogP contribution in [0, 0.1) is 27.7 Å². The molecule has 0 aliphatic carbocycles. The third kappa shape index (κ3) is 4.31. The quantitative estimate of drug-likeness (QED) is 0.376. The van der Waals surface area contributed by atoms with Crippen LogP contribution in [0.2, 0.25) is 5.02 Å². The summed E-state index contributed by atoms with van der Waals surface area (Å²) in [6, 6.07) is 14.5. The Hall–Kier alpha value is -2.37. The first-order chi connectivity index (χ1) is 13.9. The van der Waals surface area contributed by atoms with E-state index in [2.05, 4.69) is 56.9 Å². The molecule has 0 spiro atoms. The molecule has 2 aromatic carbocycles. The van der Waals surface area contributed by atoms with E-state index in [0.717, 1.165) is 39.3 Å². The second kappa shape index (κ2) is 8.17. The molecule has 4 aromatic rings. The highest BCUT2D eigenvalue weighted by atomic mass is 35.5. The van der Waals surface area contributed by atoms with Crippen molar-refractivity contribution in [3.63, 3.8) is 0 Å². The van der Waals surface area contributed by atoms with Crippen LogP contribution in [0.3, 0.4) is 0 Å². The number of aryl methyl sites for hydroxylation is 4. The maximum absolute atomic E-state index is 6.08. The number of aromatic nitrogens is 4. The maximum atomic E-state index is 6.08. The SMILES string of the molecule is Cc1ccc(C)c(Cc2c(C)nc3nc(SCc4cccc(Cl)c4)nn3c2C)c1. The summed E-state index contributed by atoms with van der Waals surface area (Å²) in [7, 11) is 0. The van der Waals surface area contributed by atoms with Gasteiger partial charge in [-0.1, -0.05) is 59.3 Å². The van der Waals surface area contributed by atoms with Crippen LogP contribution < -0.4 is 0 Å². The summed E-state index contributed by atoms with van der Waals surface area (Å²) in [6.07, 6.45) is 0.846. The van der Waals surface area contributed by atoms with Crippen molar-refractivity contribution in [2.75, 3.05) is 0 Å². The van der Waals surface area contributed by atoms with Crippen molar-refractivity contribution in [2.24, 2.45) is 0 Å². The van der Waals surface area contributed by atoms with E-state index in [1.54, 1.807) is 11.8 Å².